The number of para-hydroxylation sites is 1. The van der Waals surface area contributed by atoms with Crippen molar-refractivity contribution >= 4 is 38.2 Å². The van der Waals surface area contributed by atoms with Crippen LogP contribution in [0, 0.1) is 6.92 Å². The van der Waals surface area contributed by atoms with Crippen molar-refractivity contribution in [2.45, 2.75) is 26.7 Å². The highest BCUT2D eigenvalue weighted by Gasteiger charge is 2.21. The van der Waals surface area contributed by atoms with Gasteiger partial charge in [0.1, 0.15) is 5.82 Å². The molecule has 7 nitrogen and oxygen atoms in total. The number of benzene rings is 1. The summed E-state index contributed by atoms with van der Waals surface area (Å²) in [5.74, 6) is 1.90. The molecule has 8 heteroatoms. The molecule has 4 aromatic rings. The Balaban J connectivity index is 1.41. The standard InChI is InChI=1S/C20H23N7S/c1-3-16-23-24-19-18(21-8-11-27(16)19)25-9-5-10-26(13-12-25)20-22-17-14(2)6-4-7-15(17)28-20/h4,6-8,11H,3,5,9-10,12-13H2,1-2H3. The first-order valence-corrected chi connectivity index (χ1v) is 10.6. The zero-order chi connectivity index (χ0) is 19.1. The second-order valence-corrected chi connectivity index (χ2v) is 8.17. The highest BCUT2D eigenvalue weighted by atomic mass is 32.1. The Labute approximate surface area is 167 Å². The molecular formula is C20H23N7S. The van der Waals surface area contributed by atoms with E-state index in [0.717, 1.165) is 67.0 Å². The molecule has 28 heavy (non-hydrogen) atoms. The maximum atomic E-state index is 4.92. The fourth-order valence-electron chi connectivity index (χ4n) is 3.86. The number of aromatic nitrogens is 5. The summed E-state index contributed by atoms with van der Waals surface area (Å²) < 4.78 is 3.32. The summed E-state index contributed by atoms with van der Waals surface area (Å²) in [6.45, 7) is 8.02. The second-order valence-electron chi connectivity index (χ2n) is 7.16. The lowest BCUT2D eigenvalue weighted by molar-refractivity contribution is 0.795. The number of rotatable bonds is 3. The summed E-state index contributed by atoms with van der Waals surface area (Å²) >= 11 is 1.79. The Hall–Kier alpha value is -2.74. The minimum atomic E-state index is 0.850. The van der Waals surface area contributed by atoms with Gasteiger partial charge in [0.2, 0.25) is 5.65 Å². The van der Waals surface area contributed by atoms with Gasteiger partial charge in [-0.25, -0.2) is 9.97 Å². The maximum absolute atomic E-state index is 4.92. The third-order valence-electron chi connectivity index (χ3n) is 5.37. The molecule has 1 aliphatic rings. The molecule has 0 saturated carbocycles. The average molecular weight is 394 g/mol. The number of hydrogen-bond acceptors (Lipinski definition) is 7. The third-order valence-corrected chi connectivity index (χ3v) is 6.45. The topological polar surface area (TPSA) is 62.5 Å². The van der Waals surface area contributed by atoms with Crippen LogP contribution < -0.4 is 9.80 Å². The van der Waals surface area contributed by atoms with E-state index in [1.807, 2.05) is 12.4 Å². The molecule has 0 amide bonds. The molecule has 0 unspecified atom stereocenters. The Morgan fingerprint density at radius 3 is 2.79 bits per heavy atom. The van der Waals surface area contributed by atoms with E-state index in [9.17, 15) is 0 Å². The number of fused-ring (bicyclic) bond motifs is 2. The van der Waals surface area contributed by atoms with Crippen molar-refractivity contribution < 1.29 is 0 Å². The highest BCUT2D eigenvalue weighted by Crippen LogP contribution is 2.31. The minimum Gasteiger partial charge on any atom is -0.352 e. The Bertz CT molecular complexity index is 1130. The number of hydrogen-bond donors (Lipinski definition) is 0. The number of anilines is 2. The maximum Gasteiger partial charge on any atom is 0.203 e. The molecule has 0 atom stereocenters. The SMILES string of the molecule is CCc1nnc2c(N3CCCN(c4nc5c(C)cccc5s4)CC3)nccn12. The first-order valence-electron chi connectivity index (χ1n) is 9.79. The average Bonchev–Trinajstić information content (AvgIpc) is 3.26. The number of nitrogens with zero attached hydrogens (tertiary/aromatic N) is 7. The van der Waals surface area contributed by atoms with E-state index in [-0.39, 0.29) is 0 Å². The molecule has 5 rings (SSSR count). The molecule has 0 aliphatic carbocycles. The molecule has 1 fully saturated rings. The summed E-state index contributed by atoms with van der Waals surface area (Å²) in [6, 6.07) is 6.40. The number of thiazole rings is 1. The molecule has 0 bridgehead atoms. The summed E-state index contributed by atoms with van der Waals surface area (Å²) in [5, 5.41) is 9.83. The Kier molecular flexibility index (Phi) is 4.35. The van der Waals surface area contributed by atoms with E-state index in [1.54, 1.807) is 11.3 Å². The third kappa shape index (κ3) is 2.88. The van der Waals surface area contributed by atoms with Gasteiger partial charge in [0.05, 0.1) is 10.2 Å². The molecule has 0 radical (unpaired) electrons. The predicted octanol–water partition coefficient (Wildman–Crippen LogP) is 3.32. The van der Waals surface area contributed by atoms with Crippen molar-refractivity contribution in [1.82, 2.24) is 24.6 Å². The smallest absolute Gasteiger partial charge is 0.203 e. The van der Waals surface area contributed by atoms with E-state index >= 15 is 0 Å². The van der Waals surface area contributed by atoms with Crippen molar-refractivity contribution in [2.75, 3.05) is 36.0 Å². The fraction of sp³-hybridized carbons (Fsp3) is 0.400. The summed E-state index contributed by atoms with van der Waals surface area (Å²) in [7, 11) is 0. The lowest BCUT2D eigenvalue weighted by Crippen LogP contribution is -2.31. The van der Waals surface area contributed by atoms with Crippen LogP contribution in [0.2, 0.25) is 0 Å². The van der Waals surface area contributed by atoms with Crippen molar-refractivity contribution in [3.05, 3.63) is 42.0 Å². The molecule has 4 heterocycles. The van der Waals surface area contributed by atoms with E-state index in [2.05, 4.69) is 61.4 Å². The van der Waals surface area contributed by atoms with Crippen LogP contribution in [0.5, 0.6) is 0 Å². The summed E-state index contributed by atoms with van der Waals surface area (Å²) in [4.78, 5) is 14.3. The quantitative estimate of drug-likeness (QED) is 0.532. The van der Waals surface area contributed by atoms with Crippen LogP contribution in [-0.4, -0.2) is 50.7 Å². The van der Waals surface area contributed by atoms with E-state index in [0.29, 0.717) is 0 Å². The normalized spacial score (nSPS) is 15.5. The van der Waals surface area contributed by atoms with Gasteiger partial charge in [0, 0.05) is 45.0 Å². The van der Waals surface area contributed by atoms with Crippen LogP contribution in [0.4, 0.5) is 10.9 Å². The van der Waals surface area contributed by atoms with Crippen molar-refractivity contribution in [3.63, 3.8) is 0 Å². The van der Waals surface area contributed by atoms with Crippen molar-refractivity contribution in [3.8, 4) is 0 Å². The van der Waals surface area contributed by atoms with Gasteiger partial charge in [0.25, 0.3) is 0 Å². The molecule has 0 spiro atoms. The Morgan fingerprint density at radius 2 is 1.93 bits per heavy atom. The first kappa shape index (κ1) is 17.4. The van der Waals surface area contributed by atoms with Gasteiger partial charge in [-0.2, -0.15) is 0 Å². The van der Waals surface area contributed by atoms with Crippen LogP contribution in [0.25, 0.3) is 15.9 Å². The van der Waals surface area contributed by atoms with Gasteiger partial charge in [0.15, 0.2) is 10.9 Å². The van der Waals surface area contributed by atoms with Crippen molar-refractivity contribution in [1.29, 1.82) is 0 Å². The van der Waals surface area contributed by atoms with Crippen LogP contribution in [0.15, 0.2) is 30.6 Å². The monoisotopic (exact) mass is 393 g/mol. The highest BCUT2D eigenvalue weighted by molar-refractivity contribution is 7.22. The number of aryl methyl sites for hydroxylation is 2. The van der Waals surface area contributed by atoms with Crippen LogP contribution >= 0.6 is 11.3 Å². The van der Waals surface area contributed by atoms with E-state index < -0.39 is 0 Å². The molecule has 1 aliphatic heterocycles. The Morgan fingerprint density at radius 1 is 1.07 bits per heavy atom. The molecule has 3 aromatic heterocycles. The van der Waals surface area contributed by atoms with E-state index in [4.69, 9.17) is 4.98 Å². The zero-order valence-corrected chi connectivity index (χ0v) is 17.0. The van der Waals surface area contributed by atoms with Crippen LogP contribution in [0.1, 0.15) is 24.7 Å². The molecular weight excluding hydrogens is 370 g/mol. The molecule has 1 aromatic carbocycles. The van der Waals surface area contributed by atoms with Crippen LogP contribution in [0.3, 0.4) is 0 Å². The predicted molar refractivity (Wildman–Crippen MR) is 114 cm³/mol. The van der Waals surface area contributed by atoms with E-state index in [1.165, 1.54) is 10.3 Å². The van der Waals surface area contributed by atoms with Gasteiger partial charge in [-0.1, -0.05) is 30.4 Å². The lowest BCUT2D eigenvalue weighted by Gasteiger charge is -2.22. The molecule has 1 saturated heterocycles. The van der Waals surface area contributed by atoms with Gasteiger partial charge in [-0.3, -0.25) is 4.40 Å². The lowest BCUT2D eigenvalue weighted by atomic mass is 10.2. The molecule has 144 valence electrons. The second kappa shape index (κ2) is 7.01. The van der Waals surface area contributed by atoms with Gasteiger partial charge in [-0.15, -0.1) is 10.2 Å². The summed E-state index contributed by atoms with van der Waals surface area (Å²) in [5.41, 5.74) is 3.22. The van der Waals surface area contributed by atoms with Crippen LogP contribution in [-0.2, 0) is 6.42 Å². The first-order chi connectivity index (χ1) is 13.7. The fourth-order valence-corrected chi connectivity index (χ4v) is 4.95. The van der Waals surface area contributed by atoms with Gasteiger partial charge >= 0.3 is 0 Å². The van der Waals surface area contributed by atoms with Gasteiger partial charge in [-0.05, 0) is 25.0 Å². The minimum absolute atomic E-state index is 0.850. The zero-order valence-electron chi connectivity index (χ0n) is 16.2. The molecule has 0 N–H and O–H groups in total. The largest absolute Gasteiger partial charge is 0.352 e. The van der Waals surface area contributed by atoms with Crippen molar-refractivity contribution in [2.24, 2.45) is 0 Å². The van der Waals surface area contributed by atoms with Gasteiger partial charge < -0.3 is 9.80 Å². The summed E-state index contributed by atoms with van der Waals surface area (Å²) in [6.07, 6.45) is 5.72.